The molecule has 5 heteroatoms. The Balaban J connectivity index is 3.91. The zero-order valence-electron chi connectivity index (χ0n) is 18.4. The number of aliphatic hydroxyl groups excluding tert-OH is 1. The van der Waals surface area contributed by atoms with Gasteiger partial charge >= 0.3 is 0 Å². The summed E-state index contributed by atoms with van der Waals surface area (Å²) in [6.07, 6.45) is 11.9. The van der Waals surface area contributed by atoms with E-state index in [1.807, 2.05) is 0 Å². The lowest BCUT2D eigenvalue weighted by molar-refractivity contribution is -0.0782. The van der Waals surface area contributed by atoms with Crippen LogP contribution in [0.15, 0.2) is 0 Å². The van der Waals surface area contributed by atoms with Crippen molar-refractivity contribution in [3.8, 4) is 0 Å². The normalized spacial score (nSPS) is 14.0. The van der Waals surface area contributed by atoms with E-state index in [1.165, 1.54) is 32.1 Å². The van der Waals surface area contributed by atoms with Crippen molar-refractivity contribution in [3.05, 3.63) is 0 Å². The third-order valence-corrected chi connectivity index (χ3v) is 10.1. The van der Waals surface area contributed by atoms with Crippen molar-refractivity contribution in [2.75, 3.05) is 27.1 Å². The molecule has 0 aromatic carbocycles. The van der Waals surface area contributed by atoms with Crippen LogP contribution in [0.2, 0.25) is 18.1 Å². The molecule has 158 valence electrons. The van der Waals surface area contributed by atoms with Crippen LogP contribution in [0.25, 0.3) is 0 Å². The van der Waals surface area contributed by atoms with Crippen molar-refractivity contribution in [2.24, 2.45) is 0 Å². The average Bonchev–Trinajstić information content (AvgIpc) is 2.56. The van der Waals surface area contributed by atoms with E-state index in [1.54, 1.807) is 7.11 Å². The minimum atomic E-state index is -1.63. The molecule has 1 N–H and O–H groups in total. The van der Waals surface area contributed by atoms with Crippen molar-refractivity contribution in [3.63, 3.8) is 0 Å². The smallest absolute Gasteiger partial charge is 0.191 e. The van der Waals surface area contributed by atoms with Crippen molar-refractivity contribution < 1.29 is 19.0 Å². The largest absolute Gasteiger partial charge is 0.417 e. The Morgan fingerprint density at radius 3 is 1.92 bits per heavy atom. The van der Waals surface area contributed by atoms with Crippen molar-refractivity contribution in [2.45, 2.75) is 109 Å². The summed E-state index contributed by atoms with van der Waals surface area (Å²) in [5.74, 6) is 0. The third kappa shape index (κ3) is 13.3. The van der Waals surface area contributed by atoms with E-state index in [2.05, 4.69) is 33.9 Å². The minimum Gasteiger partial charge on any atom is -0.417 e. The predicted molar refractivity (Wildman–Crippen MR) is 113 cm³/mol. The minimum absolute atomic E-state index is 0.274. The monoisotopic (exact) mass is 390 g/mol. The van der Waals surface area contributed by atoms with Crippen LogP contribution in [-0.2, 0) is 13.9 Å². The van der Waals surface area contributed by atoms with Gasteiger partial charge in [0.15, 0.2) is 8.32 Å². The number of rotatable bonds is 17. The molecule has 26 heavy (non-hydrogen) atoms. The van der Waals surface area contributed by atoms with E-state index < -0.39 is 8.32 Å². The van der Waals surface area contributed by atoms with E-state index in [0.29, 0.717) is 13.4 Å². The van der Waals surface area contributed by atoms with E-state index in [4.69, 9.17) is 19.0 Å². The topological polar surface area (TPSA) is 47.9 Å². The lowest BCUT2D eigenvalue weighted by atomic mass is 10.0. The third-order valence-electron chi connectivity index (χ3n) is 5.55. The molecule has 0 spiro atoms. The molecule has 0 aliphatic heterocycles. The molecular weight excluding hydrogens is 344 g/mol. The maximum atomic E-state index is 8.78. The van der Waals surface area contributed by atoms with Crippen LogP contribution in [0.1, 0.15) is 85.0 Å². The molecule has 0 bridgehead atoms. The number of aliphatic hydroxyl groups is 1. The van der Waals surface area contributed by atoms with E-state index >= 15 is 0 Å². The second-order valence-corrected chi connectivity index (χ2v) is 13.7. The molecule has 0 aliphatic carbocycles. The van der Waals surface area contributed by atoms with Gasteiger partial charge in [-0.25, -0.2) is 0 Å². The first kappa shape index (κ1) is 26.1. The number of ether oxygens (including phenoxy) is 2. The van der Waals surface area contributed by atoms with Gasteiger partial charge in [-0.2, -0.15) is 0 Å². The molecule has 0 radical (unpaired) electrons. The van der Waals surface area contributed by atoms with Gasteiger partial charge in [-0.05, 0) is 43.8 Å². The highest BCUT2D eigenvalue weighted by atomic mass is 28.4. The van der Waals surface area contributed by atoms with E-state index in [9.17, 15) is 0 Å². The van der Waals surface area contributed by atoms with E-state index in [0.717, 1.165) is 38.7 Å². The van der Waals surface area contributed by atoms with Gasteiger partial charge in [0.05, 0.1) is 6.10 Å². The Hall–Kier alpha value is 0.0569. The number of hydrogen-bond acceptors (Lipinski definition) is 4. The molecule has 0 aliphatic rings. The molecule has 0 fully saturated rings. The van der Waals surface area contributed by atoms with Gasteiger partial charge in [0.1, 0.15) is 6.79 Å². The first-order valence-corrected chi connectivity index (χ1v) is 13.5. The predicted octanol–water partition coefficient (Wildman–Crippen LogP) is 5.89. The average molecular weight is 391 g/mol. The fourth-order valence-electron chi connectivity index (χ4n) is 2.70. The van der Waals surface area contributed by atoms with Crippen LogP contribution in [0.3, 0.4) is 0 Å². The molecule has 0 saturated heterocycles. The Kier molecular flexibility index (Phi) is 15.1. The summed E-state index contributed by atoms with van der Waals surface area (Å²) in [7, 11) is 0.0509. The molecule has 0 rings (SSSR count). The van der Waals surface area contributed by atoms with Crippen molar-refractivity contribution in [1.82, 2.24) is 0 Å². The van der Waals surface area contributed by atoms with Gasteiger partial charge in [-0.3, -0.25) is 0 Å². The Labute approximate surface area is 164 Å². The first-order chi connectivity index (χ1) is 12.2. The maximum Gasteiger partial charge on any atom is 0.191 e. The molecule has 0 unspecified atom stereocenters. The number of unbranched alkanes of at least 4 members (excludes halogenated alkanes) is 6. The Bertz CT molecular complexity index is 316. The van der Waals surface area contributed by atoms with Crippen LogP contribution in [0.5, 0.6) is 0 Å². The van der Waals surface area contributed by atoms with Crippen molar-refractivity contribution in [1.29, 1.82) is 0 Å². The van der Waals surface area contributed by atoms with Gasteiger partial charge in [0.2, 0.25) is 0 Å². The van der Waals surface area contributed by atoms with Gasteiger partial charge in [0, 0.05) is 20.3 Å². The number of methoxy groups -OCH3 is 1. The van der Waals surface area contributed by atoms with Crippen LogP contribution in [0, 0.1) is 0 Å². The second kappa shape index (κ2) is 15.0. The SMILES string of the molecule is COCO[C@H](CCCCCCCCCO)CCCO[Si](C)(C)C(C)(C)C. The molecule has 1 atom stereocenters. The molecule has 0 aromatic rings. The summed E-state index contributed by atoms with van der Waals surface area (Å²) >= 11 is 0. The molecule has 0 saturated carbocycles. The van der Waals surface area contributed by atoms with Gasteiger partial charge < -0.3 is 19.0 Å². The lowest BCUT2D eigenvalue weighted by Gasteiger charge is -2.36. The fraction of sp³-hybridized carbons (Fsp3) is 1.00. The highest BCUT2D eigenvalue weighted by Crippen LogP contribution is 2.36. The molecule has 4 nitrogen and oxygen atoms in total. The maximum absolute atomic E-state index is 8.78. The Morgan fingerprint density at radius 2 is 1.38 bits per heavy atom. The van der Waals surface area contributed by atoms with Crippen LogP contribution in [0.4, 0.5) is 0 Å². The first-order valence-electron chi connectivity index (χ1n) is 10.6. The molecular formula is C21H46O4Si. The molecule has 0 aromatic heterocycles. The van der Waals surface area contributed by atoms with E-state index in [-0.39, 0.29) is 11.1 Å². The summed E-state index contributed by atoms with van der Waals surface area (Å²) in [6.45, 7) is 13.0. The van der Waals surface area contributed by atoms with Gasteiger partial charge in [-0.15, -0.1) is 0 Å². The fourth-order valence-corrected chi connectivity index (χ4v) is 3.79. The standard InChI is InChI=1S/C21H46O4Si/c1-21(2,3)26(5,6)25-18-14-16-20(24-19-23-4)15-12-10-8-7-9-11-13-17-22/h20,22H,7-19H2,1-6H3/t20-/m1/s1. The van der Waals surface area contributed by atoms with Crippen LogP contribution < -0.4 is 0 Å². The van der Waals surface area contributed by atoms with Gasteiger partial charge in [-0.1, -0.05) is 59.3 Å². The molecule has 0 amide bonds. The number of hydrogen-bond donors (Lipinski definition) is 1. The summed E-state index contributed by atoms with van der Waals surface area (Å²) < 4.78 is 17.2. The lowest BCUT2D eigenvalue weighted by Crippen LogP contribution is -2.41. The summed E-state index contributed by atoms with van der Waals surface area (Å²) in [6, 6.07) is 0. The summed E-state index contributed by atoms with van der Waals surface area (Å²) in [5.41, 5.74) is 0. The summed E-state index contributed by atoms with van der Waals surface area (Å²) in [5, 5.41) is 9.05. The van der Waals surface area contributed by atoms with Gasteiger partial charge in [0.25, 0.3) is 0 Å². The molecule has 0 heterocycles. The summed E-state index contributed by atoms with van der Waals surface area (Å²) in [4.78, 5) is 0. The highest BCUT2D eigenvalue weighted by molar-refractivity contribution is 6.74. The Morgan fingerprint density at radius 1 is 0.846 bits per heavy atom. The van der Waals surface area contributed by atoms with Crippen LogP contribution in [-0.4, -0.2) is 46.6 Å². The van der Waals surface area contributed by atoms with Crippen molar-refractivity contribution >= 4 is 8.32 Å². The zero-order chi connectivity index (χ0) is 19.9. The quantitative estimate of drug-likeness (QED) is 0.191. The zero-order valence-corrected chi connectivity index (χ0v) is 19.4. The highest BCUT2D eigenvalue weighted by Gasteiger charge is 2.36. The second-order valence-electron chi connectivity index (χ2n) is 8.93. The van der Waals surface area contributed by atoms with Crippen LogP contribution >= 0.6 is 0 Å².